The Morgan fingerprint density at radius 2 is 1.84 bits per heavy atom. The summed E-state index contributed by atoms with van der Waals surface area (Å²) in [5, 5.41) is 3.41. The van der Waals surface area contributed by atoms with Crippen molar-refractivity contribution in [1.29, 1.82) is 0 Å². The van der Waals surface area contributed by atoms with Crippen molar-refractivity contribution in [2.75, 3.05) is 5.32 Å². The summed E-state index contributed by atoms with van der Waals surface area (Å²) in [6, 6.07) is 10.5. The zero-order valence-electron chi connectivity index (χ0n) is 9.45. The maximum atomic E-state index is 12.2. The van der Waals surface area contributed by atoms with E-state index in [2.05, 4.69) is 49.8 Å². The number of anilines is 1. The second-order valence-electron chi connectivity index (χ2n) is 3.74. The SMILES string of the molecule is O=C(Nc1ccc(Cl)cc1Br)c1cc(S)ccc1Br. The Kier molecular flexibility index (Phi) is 4.95. The molecule has 0 bridgehead atoms. The van der Waals surface area contributed by atoms with Gasteiger partial charge in [-0.1, -0.05) is 11.6 Å². The van der Waals surface area contributed by atoms with E-state index in [1.807, 2.05) is 6.07 Å². The van der Waals surface area contributed by atoms with Crippen LogP contribution in [0.3, 0.4) is 0 Å². The van der Waals surface area contributed by atoms with Crippen molar-refractivity contribution in [3.8, 4) is 0 Å². The average Bonchev–Trinajstić information content (AvgIpc) is 2.35. The molecule has 0 atom stereocenters. The fraction of sp³-hybridized carbons (Fsp3) is 0. The van der Waals surface area contributed by atoms with Crippen LogP contribution >= 0.6 is 56.1 Å². The van der Waals surface area contributed by atoms with E-state index in [1.54, 1.807) is 30.3 Å². The van der Waals surface area contributed by atoms with Crippen molar-refractivity contribution < 1.29 is 4.79 Å². The highest BCUT2D eigenvalue weighted by molar-refractivity contribution is 9.11. The molecule has 2 aromatic rings. The second-order valence-corrected chi connectivity index (χ2v) is 6.40. The quantitative estimate of drug-likeness (QED) is 0.624. The van der Waals surface area contributed by atoms with E-state index in [4.69, 9.17) is 11.6 Å². The minimum atomic E-state index is -0.217. The molecule has 0 heterocycles. The zero-order chi connectivity index (χ0) is 14.0. The number of nitrogens with one attached hydrogen (secondary N) is 1. The molecule has 19 heavy (non-hydrogen) atoms. The molecule has 0 aliphatic heterocycles. The molecule has 0 aliphatic carbocycles. The third-order valence-electron chi connectivity index (χ3n) is 2.37. The molecule has 0 radical (unpaired) electrons. The Balaban J connectivity index is 2.28. The molecule has 0 spiro atoms. The molecule has 1 amide bonds. The lowest BCUT2D eigenvalue weighted by molar-refractivity contribution is 0.102. The summed E-state index contributed by atoms with van der Waals surface area (Å²) in [5.41, 5.74) is 1.18. The lowest BCUT2D eigenvalue weighted by Crippen LogP contribution is -2.13. The summed E-state index contributed by atoms with van der Waals surface area (Å²) >= 11 is 16.8. The summed E-state index contributed by atoms with van der Waals surface area (Å²) in [6.45, 7) is 0. The molecule has 2 rings (SSSR count). The first-order chi connectivity index (χ1) is 8.97. The van der Waals surface area contributed by atoms with Crippen LogP contribution in [0.25, 0.3) is 0 Å². The minimum Gasteiger partial charge on any atom is -0.321 e. The van der Waals surface area contributed by atoms with Crippen molar-refractivity contribution >= 4 is 67.7 Å². The summed E-state index contributed by atoms with van der Waals surface area (Å²) in [7, 11) is 0. The van der Waals surface area contributed by atoms with Gasteiger partial charge in [0.2, 0.25) is 0 Å². The number of amides is 1. The lowest BCUT2D eigenvalue weighted by Gasteiger charge is -2.09. The van der Waals surface area contributed by atoms with Gasteiger partial charge in [0, 0.05) is 18.9 Å². The van der Waals surface area contributed by atoms with Gasteiger partial charge in [-0.15, -0.1) is 12.6 Å². The molecule has 0 saturated carbocycles. The number of halogens is 3. The third kappa shape index (κ3) is 3.75. The highest BCUT2D eigenvalue weighted by Crippen LogP contribution is 2.27. The number of carbonyl (C=O) groups excluding carboxylic acids is 1. The number of hydrogen-bond donors (Lipinski definition) is 2. The largest absolute Gasteiger partial charge is 0.321 e. The minimum absolute atomic E-state index is 0.217. The van der Waals surface area contributed by atoms with E-state index in [0.29, 0.717) is 20.7 Å². The van der Waals surface area contributed by atoms with E-state index in [0.717, 1.165) is 9.37 Å². The molecule has 1 N–H and O–H groups in total. The van der Waals surface area contributed by atoms with Crippen molar-refractivity contribution in [2.24, 2.45) is 0 Å². The maximum Gasteiger partial charge on any atom is 0.256 e. The Morgan fingerprint density at radius 1 is 1.11 bits per heavy atom. The predicted molar refractivity (Wildman–Crippen MR) is 88.5 cm³/mol. The fourth-order valence-corrected chi connectivity index (χ4v) is 2.88. The molecule has 98 valence electrons. The van der Waals surface area contributed by atoms with Gasteiger partial charge in [-0.2, -0.15) is 0 Å². The second kappa shape index (κ2) is 6.31. The van der Waals surface area contributed by atoms with Gasteiger partial charge in [-0.25, -0.2) is 0 Å². The van der Waals surface area contributed by atoms with Crippen molar-refractivity contribution in [2.45, 2.75) is 4.90 Å². The molecular formula is C13H8Br2ClNOS. The van der Waals surface area contributed by atoms with Gasteiger partial charge in [-0.3, -0.25) is 4.79 Å². The molecule has 0 aliphatic rings. The van der Waals surface area contributed by atoms with Gasteiger partial charge in [0.25, 0.3) is 5.91 Å². The Bertz CT molecular complexity index is 649. The Hall–Kier alpha value is -0.490. The number of hydrogen-bond acceptors (Lipinski definition) is 2. The summed E-state index contributed by atoms with van der Waals surface area (Å²) in [4.78, 5) is 12.9. The molecule has 0 unspecified atom stereocenters. The summed E-state index contributed by atoms with van der Waals surface area (Å²) in [6.07, 6.45) is 0. The molecule has 0 fully saturated rings. The van der Waals surface area contributed by atoms with E-state index in [9.17, 15) is 4.79 Å². The number of benzene rings is 2. The van der Waals surface area contributed by atoms with Crippen LogP contribution in [0, 0.1) is 0 Å². The van der Waals surface area contributed by atoms with Gasteiger partial charge in [0.05, 0.1) is 11.3 Å². The monoisotopic (exact) mass is 419 g/mol. The normalized spacial score (nSPS) is 10.3. The van der Waals surface area contributed by atoms with Gasteiger partial charge < -0.3 is 5.32 Å². The molecule has 0 saturated heterocycles. The first kappa shape index (κ1) is 14.9. The maximum absolute atomic E-state index is 12.2. The van der Waals surface area contributed by atoms with E-state index < -0.39 is 0 Å². The van der Waals surface area contributed by atoms with Crippen molar-refractivity contribution in [3.05, 3.63) is 55.9 Å². The molecule has 0 aromatic heterocycles. The zero-order valence-corrected chi connectivity index (χ0v) is 14.3. The Morgan fingerprint density at radius 3 is 2.53 bits per heavy atom. The van der Waals surface area contributed by atoms with Crippen LogP contribution in [0.4, 0.5) is 5.69 Å². The summed E-state index contributed by atoms with van der Waals surface area (Å²) < 4.78 is 1.44. The smallest absolute Gasteiger partial charge is 0.256 e. The number of carbonyl (C=O) groups is 1. The highest BCUT2D eigenvalue weighted by Gasteiger charge is 2.12. The van der Waals surface area contributed by atoms with Gasteiger partial charge in [0.1, 0.15) is 0 Å². The van der Waals surface area contributed by atoms with Crippen LogP contribution in [0.1, 0.15) is 10.4 Å². The average molecular weight is 422 g/mol. The molecule has 2 aromatic carbocycles. The van der Waals surface area contributed by atoms with Crippen LogP contribution in [-0.4, -0.2) is 5.91 Å². The van der Waals surface area contributed by atoms with E-state index >= 15 is 0 Å². The first-order valence-electron chi connectivity index (χ1n) is 5.22. The molecule has 2 nitrogen and oxygen atoms in total. The highest BCUT2D eigenvalue weighted by atomic mass is 79.9. The van der Waals surface area contributed by atoms with Crippen LogP contribution < -0.4 is 5.32 Å². The van der Waals surface area contributed by atoms with Crippen molar-refractivity contribution in [1.82, 2.24) is 0 Å². The van der Waals surface area contributed by atoms with Crippen LogP contribution in [0.2, 0.25) is 5.02 Å². The van der Waals surface area contributed by atoms with Crippen molar-refractivity contribution in [3.63, 3.8) is 0 Å². The lowest BCUT2D eigenvalue weighted by atomic mass is 10.2. The van der Waals surface area contributed by atoms with Crippen LogP contribution in [-0.2, 0) is 0 Å². The topological polar surface area (TPSA) is 29.1 Å². The third-order valence-corrected chi connectivity index (χ3v) is 4.23. The van der Waals surface area contributed by atoms with E-state index in [1.165, 1.54) is 0 Å². The van der Waals surface area contributed by atoms with Crippen LogP contribution in [0.5, 0.6) is 0 Å². The first-order valence-corrected chi connectivity index (χ1v) is 7.63. The van der Waals surface area contributed by atoms with Crippen LogP contribution in [0.15, 0.2) is 50.2 Å². The van der Waals surface area contributed by atoms with Gasteiger partial charge in [0.15, 0.2) is 0 Å². The predicted octanol–water partition coefficient (Wildman–Crippen LogP) is 5.41. The van der Waals surface area contributed by atoms with Gasteiger partial charge >= 0.3 is 0 Å². The fourth-order valence-electron chi connectivity index (χ4n) is 1.47. The van der Waals surface area contributed by atoms with E-state index in [-0.39, 0.29) is 5.91 Å². The Labute approximate surface area is 138 Å². The molecular weight excluding hydrogens is 413 g/mol. The number of thiol groups is 1. The molecule has 6 heteroatoms. The summed E-state index contributed by atoms with van der Waals surface area (Å²) in [5.74, 6) is -0.217. The number of rotatable bonds is 2. The standard InChI is InChI=1S/C13H8Br2ClNOS/c14-10-3-2-8(19)6-9(10)13(18)17-12-4-1-7(16)5-11(12)15/h1-6,19H,(H,17,18). The van der Waals surface area contributed by atoms with Gasteiger partial charge in [-0.05, 0) is 68.3 Å².